The van der Waals surface area contributed by atoms with Crippen LogP contribution in [0.2, 0.25) is 0 Å². The van der Waals surface area contributed by atoms with E-state index >= 15 is 0 Å². The summed E-state index contributed by atoms with van der Waals surface area (Å²) >= 11 is 5.42. The lowest BCUT2D eigenvalue weighted by atomic mass is 10.6. The van der Waals surface area contributed by atoms with Crippen LogP contribution in [0.3, 0.4) is 0 Å². The lowest BCUT2D eigenvalue weighted by Gasteiger charge is -2.18. The number of hydrogen-bond donors (Lipinski definition) is 1. The SMILES string of the molecule is CC(OCCO)OC(C)OCCCl. The monoisotopic (exact) mass is 212 g/mol. The highest BCUT2D eigenvalue weighted by Crippen LogP contribution is 2.01. The largest absolute Gasteiger partial charge is 0.394 e. The molecule has 0 saturated carbocycles. The van der Waals surface area contributed by atoms with E-state index in [0.717, 1.165) is 0 Å². The summed E-state index contributed by atoms with van der Waals surface area (Å²) in [6.45, 7) is 4.23. The third kappa shape index (κ3) is 8.46. The summed E-state index contributed by atoms with van der Waals surface area (Å²) in [7, 11) is 0. The molecule has 0 aliphatic heterocycles. The Kier molecular flexibility index (Phi) is 8.80. The second-order valence-corrected chi connectivity index (χ2v) is 2.80. The molecule has 0 aliphatic carbocycles. The Bertz CT molecular complexity index is 100. The van der Waals surface area contributed by atoms with Gasteiger partial charge in [0.1, 0.15) is 0 Å². The number of rotatable bonds is 8. The molecule has 0 bridgehead atoms. The maximum atomic E-state index is 8.46. The molecule has 0 aliphatic rings. The highest BCUT2D eigenvalue weighted by atomic mass is 35.5. The van der Waals surface area contributed by atoms with Gasteiger partial charge in [0.2, 0.25) is 0 Å². The molecule has 0 rings (SSSR count). The van der Waals surface area contributed by atoms with Crippen LogP contribution < -0.4 is 0 Å². The lowest BCUT2D eigenvalue weighted by molar-refractivity contribution is -0.231. The molecule has 5 heteroatoms. The summed E-state index contributed by atoms with van der Waals surface area (Å²) < 4.78 is 15.4. The first kappa shape index (κ1) is 13.1. The molecule has 0 aromatic carbocycles. The van der Waals surface area contributed by atoms with Gasteiger partial charge in [-0.1, -0.05) is 0 Å². The lowest BCUT2D eigenvalue weighted by Crippen LogP contribution is -2.23. The van der Waals surface area contributed by atoms with Crippen LogP contribution in [0.25, 0.3) is 0 Å². The second kappa shape index (κ2) is 8.72. The van der Waals surface area contributed by atoms with Gasteiger partial charge in [-0.3, -0.25) is 0 Å². The average Bonchev–Trinajstić information content (AvgIpc) is 2.11. The number of hydrogen-bond acceptors (Lipinski definition) is 4. The van der Waals surface area contributed by atoms with Crippen molar-refractivity contribution in [2.75, 3.05) is 25.7 Å². The molecule has 0 amide bonds. The van der Waals surface area contributed by atoms with Crippen LogP contribution in [0.15, 0.2) is 0 Å². The third-order valence-corrected chi connectivity index (χ3v) is 1.41. The normalized spacial score (nSPS) is 15.7. The minimum Gasteiger partial charge on any atom is -0.394 e. The van der Waals surface area contributed by atoms with Crippen LogP contribution in [0.1, 0.15) is 13.8 Å². The molecular weight excluding hydrogens is 196 g/mol. The van der Waals surface area contributed by atoms with E-state index < -0.39 is 0 Å². The smallest absolute Gasteiger partial charge is 0.158 e. The minimum absolute atomic E-state index is 0.00931. The van der Waals surface area contributed by atoms with Gasteiger partial charge in [0.25, 0.3) is 0 Å². The Morgan fingerprint density at radius 2 is 1.69 bits per heavy atom. The first-order valence-electron chi connectivity index (χ1n) is 4.26. The van der Waals surface area contributed by atoms with Crippen LogP contribution in [0.5, 0.6) is 0 Å². The highest BCUT2D eigenvalue weighted by Gasteiger charge is 2.07. The van der Waals surface area contributed by atoms with E-state index in [-0.39, 0.29) is 25.8 Å². The Morgan fingerprint density at radius 1 is 1.15 bits per heavy atom. The molecule has 0 saturated heterocycles. The summed E-state index contributed by atoms with van der Waals surface area (Å²) in [6.07, 6.45) is -0.718. The summed E-state index contributed by atoms with van der Waals surface area (Å²) in [5.41, 5.74) is 0. The van der Waals surface area contributed by atoms with E-state index in [1.807, 2.05) is 0 Å². The summed E-state index contributed by atoms with van der Waals surface area (Å²) in [5.74, 6) is 0.444. The van der Waals surface area contributed by atoms with Crippen LogP contribution >= 0.6 is 11.6 Å². The van der Waals surface area contributed by atoms with Crippen molar-refractivity contribution in [1.82, 2.24) is 0 Å². The fraction of sp³-hybridized carbons (Fsp3) is 1.00. The predicted molar refractivity (Wildman–Crippen MR) is 49.7 cm³/mol. The summed E-state index contributed by atoms with van der Waals surface area (Å²) in [5, 5.41) is 8.46. The highest BCUT2D eigenvalue weighted by molar-refractivity contribution is 6.17. The zero-order valence-corrected chi connectivity index (χ0v) is 8.79. The van der Waals surface area contributed by atoms with Crippen LogP contribution in [0.4, 0.5) is 0 Å². The topological polar surface area (TPSA) is 47.9 Å². The maximum absolute atomic E-state index is 8.46. The third-order valence-electron chi connectivity index (χ3n) is 1.26. The Hall–Kier alpha value is 0.130. The quantitative estimate of drug-likeness (QED) is 0.481. The summed E-state index contributed by atoms with van der Waals surface area (Å²) in [6, 6.07) is 0. The van der Waals surface area contributed by atoms with E-state index in [2.05, 4.69) is 0 Å². The first-order chi connectivity index (χ1) is 6.20. The number of alkyl halides is 1. The van der Waals surface area contributed by atoms with Crippen LogP contribution in [-0.4, -0.2) is 43.4 Å². The van der Waals surface area contributed by atoms with Gasteiger partial charge >= 0.3 is 0 Å². The molecule has 4 nitrogen and oxygen atoms in total. The van der Waals surface area contributed by atoms with Crippen LogP contribution in [0, 0.1) is 0 Å². The van der Waals surface area contributed by atoms with E-state index in [1.165, 1.54) is 0 Å². The Labute approximate surface area is 83.7 Å². The van der Waals surface area contributed by atoms with E-state index in [0.29, 0.717) is 12.5 Å². The molecule has 0 spiro atoms. The van der Waals surface area contributed by atoms with Gasteiger partial charge in [0.05, 0.1) is 19.8 Å². The fourth-order valence-corrected chi connectivity index (χ4v) is 0.867. The van der Waals surface area contributed by atoms with Gasteiger partial charge in [0, 0.05) is 5.88 Å². The van der Waals surface area contributed by atoms with Gasteiger partial charge in [-0.15, -0.1) is 11.6 Å². The first-order valence-corrected chi connectivity index (χ1v) is 4.79. The maximum Gasteiger partial charge on any atom is 0.158 e. The molecule has 80 valence electrons. The van der Waals surface area contributed by atoms with Crippen molar-refractivity contribution in [2.24, 2.45) is 0 Å². The fourth-order valence-electron chi connectivity index (χ4n) is 0.778. The van der Waals surface area contributed by atoms with Crippen molar-refractivity contribution in [3.05, 3.63) is 0 Å². The number of ether oxygens (including phenoxy) is 3. The molecule has 0 aromatic heterocycles. The number of aliphatic hydroxyl groups is 1. The van der Waals surface area contributed by atoms with Crippen molar-refractivity contribution in [3.8, 4) is 0 Å². The second-order valence-electron chi connectivity index (χ2n) is 2.43. The van der Waals surface area contributed by atoms with E-state index in [9.17, 15) is 0 Å². The summed E-state index contributed by atoms with van der Waals surface area (Å²) in [4.78, 5) is 0. The molecule has 0 radical (unpaired) electrons. The van der Waals surface area contributed by atoms with Gasteiger partial charge in [-0.2, -0.15) is 0 Å². The Balaban J connectivity index is 3.35. The van der Waals surface area contributed by atoms with Crippen molar-refractivity contribution >= 4 is 11.6 Å². The van der Waals surface area contributed by atoms with Gasteiger partial charge in [-0.05, 0) is 13.8 Å². The van der Waals surface area contributed by atoms with Crippen molar-refractivity contribution in [3.63, 3.8) is 0 Å². The van der Waals surface area contributed by atoms with Crippen molar-refractivity contribution in [1.29, 1.82) is 0 Å². The molecule has 2 atom stereocenters. The molecule has 0 heterocycles. The van der Waals surface area contributed by atoms with Gasteiger partial charge < -0.3 is 19.3 Å². The number of aliphatic hydroxyl groups excluding tert-OH is 1. The average molecular weight is 213 g/mol. The molecule has 0 fully saturated rings. The zero-order chi connectivity index (χ0) is 10.1. The predicted octanol–water partition coefficient (Wildman–Crippen LogP) is 0.959. The molecule has 1 N–H and O–H groups in total. The van der Waals surface area contributed by atoms with Crippen LogP contribution in [-0.2, 0) is 14.2 Å². The minimum atomic E-state index is -0.377. The van der Waals surface area contributed by atoms with Crippen molar-refractivity contribution in [2.45, 2.75) is 26.4 Å². The van der Waals surface area contributed by atoms with Gasteiger partial charge in [-0.25, -0.2) is 0 Å². The van der Waals surface area contributed by atoms with E-state index in [4.69, 9.17) is 30.9 Å². The molecular formula is C8H17ClO4. The van der Waals surface area contributed by atoms with Gasteiger partial charge in [0.15, 0.2) is 12.6 Å². The number of halogens is 1. The molecule has 0 aromatic rings. The Morgan fingerprint density at radius 3 is 2.15 bits per heavy atom. The van der Waals surface area contributed by atoms with E-state index in [1.54, 1.807) is 13.8 Å². The molecule has 2 unspecified atom stereocenters. The zero-order valence-electron chi connectivity index (χ0n) is 8.03. The molecule has 13 heavy (non-hydrogen) atoms. The standard InChI is InChI=1S/C8H17ClO4/c1-7(11-5-3-9)13-8(2)12-6-4-10/h7-8,10H,3-6H2,1-2H3. The van der Waals surface area contributed by atoms with Crippen molar-refractivity contribution < 1.29 is 19.3 Å².